The van der Waals surface area contributed by atoms with Crippen molar-refractivity contribution in [3.63, 3.8) is 0 Å². The average molecular weight is 969 g/mol. The Morgan fingerprint density at radius 3 is 1.04 bits per heavy atom. The minimum atomic E-state index is -1.55. The number of hydrogen-bond donors (Lipinski definition) is 6. The summed E-state index contributed by atoms with van der Waals surface area (Å²) >= 11 is 0. The average Bonchev–Trinajstić information content (AvgIpc) is 3.34. The molecular weight excluding hydrogens is 851 g/mol. The summed E-state index contributed by atoms with van der Waals surface area (Å²) in [5, 5.41) is 54.7. The summed E-state index contributed by atoms with van der Waals surface area (Å²) in [7, 11) is 0. The highest BCUT2D eigenvalue weighted by atomic mass is 16.7. The van der Waals surface area contributed by atoms with Gasteiger partial charge in [0.1, 0.15) is 24.4 Å². The van der Waals surface area contributed by atoms with E-state index in [1.807, 2.05) is 0 Å². The van der Waals surface area contributed by atoms with Gasteiger partial charge < -0.3 is 40.3 Å². The predicted octanol–water partition coefficient (Wildman–Crippen LogP) is 15.0. The number of unbranched alkanes of at least 4 members (excludes halogenated alkanes) is 43. The van der Waals surface area contributed by atoms with Crippen molar-refractivity contribution in [2.45, 2.75) is 358 Å². The quantitative estimate of drug-likeness (QED) is 0.0330. The Hall–Kier alpha value is -0.810. The molecule has 0 aliphatic carbocycles. The van der Waals surface area contributed by atoms with Crippen LogP contribution in [0.25, 0.3) is 0 Å². The van der Waals surface area contributed by atoms with Crippen molar-refractivity contribution in [2.24, 2.45) is 0 Å². The van der Waals surface area contributed by atoms with E-state index in [4.69, 9.17) is 9.47 Å². The van der Waals surface area contributed by atoms with E-state index in [9.17, 15) is 30.3 Å². The number of aliphatic hydroxyl groups excluding tert-OH is 5. The molecule has 0 radical (unpaired) electrons. The molecule has 1 amide bonds. The molecule has 0 aromatic carbocycles. The Bertz CT molecular complexity index is 1030. The molecule has 7 unspecified atom stereocenters. The fraction of sp³-hybridized carbons (Fsp3) is 0.983. The molecule has 1 fully saturated rings. The Kier molecular flexibility index (Phi) is 47.7. The third-order valence-electron chi connectivity index (χ3n) is 15.0. The van der Waals surface area contributed by atoms with E-state index in [2.05, 4.69) is 19.2 Å². The molecule has 1 saturated heterocycles. The predicted molar refractivity (Wildman–Crippen MR) is 286 cm³/mol. The summed E-state index contributed by atoms with van der Waals surface area (Å²) < 4.78 is 11.3. The number of nitrogens with one attached hydrogen (secondary N) is 1. The van der Waals surface area contributed by atoms with Gasteiger partial charge in [-0.3, -0.25) is 4.79 Å². The third-order valence-corrected chi connectivity index (χ3v) is 15.0. The van der Waals surface area contributed by atoms with Crippen molar-refractivity contribution < 1.29 is 39.8 Å². The second-order valence-electron chi connectivity index (χ2n) is 21.5. The zero-order valence-electron chi connectivity index (χ0n) is 45.2. The molecule has 9 nitrogen and oxygen atoms in total. The molecule has 1 aliphatic heterocycles. The summed E-state index contributed by atoms with van der Waals surface area (Å²) in [5.74, 6) is -0.136. The topological polar surface area (TPSA) is 149 Å². The zero-order valence-corrected chi connectivity index (χ0v) is 45.2. The van der Waals surface area contributed by atoms with Crippen molar-refractivity contribution in [3.8, 4) is 0 Å². The summed E-state index contributed by atoms with van der Waals surface area (Å²) in [6, 6.07) is -0.713. The fourth-order valence-corrected chi connectivity index (χ4v) is 10.2. The summed E-state index contributed by atoms with van der Waals surface area (Å²) in [6.45, 7) is 3.89. The Balaban J connectivity index is 2.15. The van der Waals surface area contributed by atoms with Gasteiger partial charge in [0.05, 0.1) is 25.4 Å². The first-order valence-electron chi connectivity index (χ1n) is 30.2. The van der Waals surface area contributed by atoms with Crippen LogP contribution in [0.15, 0.2) is 0 Å². The smallest absolute Gasteiger partial charge is 0.220 e. The summed E-state index contributed by atoms with van der Waals surface area (Å²) in [5.41, 5.74) is 0. The van der Waals surface area contributed by atoms with E-state index >= 15 is 0 Å². The molecule has 0 saturated carbocycles. The van der Waals surface area contributed by atoms with Crippen molar-refractivity contribution in [3.05, 3.63) is 0 Å². The zero-order chi connectivity index (χ0) is 49.4. The molecule has 0 aromatic rings. The van der Waals surface area contributed by atoms with Crippen LogP contribution in [0.5, 0.6) is 0 Å². The maximum atomic E-state index is 13.1. The lowest BCUT2D eigenvalue weighted by Gasteiger charge is -2.40. The molecule has 0 spiro atoms. The number of aliphatic hydroxyl groups is 5. The van der Waals surface area contributed by atoms with Crippen molar-refractivity contribution in [1.82, 2.24) is 5.32 Å². The van der Waals surface area contributed by atoms with Gasteiger partial charge in [0.15, 0.2) is 6.29 Å². The van der Waals surface area contributed by atoms with Gasteiger partial charge in [-0.25, -0.2) is 0 Å². The molecule has 406 valence electrons. The van der Waals surface area contributed by atoms with Crippen LogP contribution < -0.4 is 5.32 Å². The summed E-state index contributed by atoms with van der Waals surface area (Å²) in [6.07, 6.45) is 52.8. The third kappa shape index (κ3) is 38.8. The van der Waals surface area contributed by atoms with Crippen LogP contribution in [-0.2, 0) is 14.3 Å². The number of rotatable bonds is 53. The van der Waals surface area contributed by atoms with E-state index in [1.54, 1.807) is 0 Å². The summed E-state index contributed by atoms with van der Waals surface area (Å²) in [4.78, 5) is 13.1. The van der Waals surface area contributed by atoms with Crippen LogP contribution in [0.3, 0.4) is 0 Å². The van der Waals surface area contributed by atoms with Gasteiger partial charge in [-0.2, -0.15) is 0 Å². The fourth-order valence-electron chi connectivity index (χ4n) is 10.2. The van der Waals surface area contributed by atoms with Crippen molar-refractivity contribution in [2.75, 3.05) is 13.2 Å². The highest BCUT2D eigenvalue weighted by Crippen LogP contribution is 2.24. The molecule has 0 aromatic heterocycles. The van der Waals surface area contributed by atoms with Gasteiger partial charge in [-0.15, -0.1) is 0 Å². The Morgan fingerprint density at radius 1 is 0.441 bits per heavy atom. The van der Waals surface area contributed by atoms with Crippen molar-refractivity contribution in [1.29, 1.82) is 0 Å². The first-order valence-corrected chi connectivity index (χ1v) is 30.2. The van der Waals surface area contributed by atoms with Crippen LogP contribution >= 0.6 is 0 Å². The van der Waals surface area contributed by atoms with Gasteiger partial charge in [0.25, 0.3) is 0 Å². The highest BCUT2D eigenvalue weighted by Gasteiger charge is 2.44. The molecule has 9 heteroatoms. The van der Waals surface area contributed by atoms with E-state index in [0.717, 1.165) is 38.5 Å². The van der Waals surface area contributed by atoms with Crippen LogP contribution in [0.4, 0.5) is 0 Å². The standard InChI is InChI=1S/C59H117NO8/c1-3-5-7-9-11-13-15-17-19-21-23-24-25-26-27-28-29-30-31-32-34-36-38-40-42-44-46-48-53(62)52(51-67-59-58(66)57(65)56(64)54(50-61)68-59)60-55(63)49-47-45-43-41-39-37-35-33-22-20-18-16-14-12-10-8-6-4-2/h52-54,56-59,61-62,64-66H,3-51H2,1-2H3,(H,60,63). The van der Waals surface area contributed by atoms with E-state index in [1.165, 1.54) is 250 Å². The number of hydrogen-bond acceptors (Lipinski definition) is 8. The normalized spacial score (nSPS) is 19.4. The lowest BCUT2D eigenvalue weighted by atomic mass is 9.99. The lowest BCUT2D eigenvalue weighted by molar-refractivity contribution is -0.302. The van der Waals surface area contributed by atoms with Crippen molar-refractivity contribution >= 4 is 5.91 Å². The van der Waals surface area contributed by atoms with Crippen LogP contribution in [-0.4, -0.2) is 87.5 Å². The number of amides is 1. The van der Waals surface area contributed by atoms with Crippen LogP contribution in [0.2, 0.25) is 0 Å². The Labute approximate surface area is 421 Å². The van der Waals surface area contributed by atoms with Gasteiger partial charge in [0.2, 0.25) is 5.91 Å². The first kappa shape index (κ1) is 65.2. The minimum absolute atomic E-state index is 0.131. The molecule has 68 heavy (non-hydrogen) atoms. The lowest BCUT2D eigenvalue weighted by Crippen LogP contribution is -2.60. The van der Waals surface area contributed by atoms with Gasteiger partial charge in [0, 0.05) is 6.42 Å². The van der Waals surface area contributed by atoms with E-state index in [-0.39, 0.29) is 12.5 Å². The highest BCUT2D eigenvalue weighted by molar-refractivity contribution is 5.76. The van der Waals surface area contributed by atoms with Crippen LogP contribution in [0.1, 0.15) is 316 Å². The monoisotopic (exact) mass is 968 g/mol. The first-order chi connectivity index (χ1) is 33.3. The minimum Gasteiger partial charge on any atom is -0.394 e. The largest absolute Gasteiger partial charge is 0.394 e. The van der Waals surface area contributed by atoms with E-state index < -0.39 is 49.5 Å². The molecular formula is C59H117NO8. The molecule has 0 bridgehead atoms. The molecule has 1 aliphatic rings. The Morgan fingerprint density at radius 2 is 0.735 bits per heavy atom. The van der Waals surface area contributed by atoms with E-state index in [0.29, 0.717) is 12.8 Å². The van der Waals surface area contributed by atoms with Crippen LogP contribution in [0, 0.1) is 0 Å². The molecule has 6 N–H and O–H groups in total. The molecule has 1 rings (SSSR count). The van der Waals surface area contributed by atoms with Gasteiger partial charge in [-0.1, -0.05) is 296 Å². The maximum Gasteiger partial charge on any atom is 0.220 e. The number of carbonyl (C=O) groups excluding carboxylic acids is 1. The number of carbonyl (C=O) groups is 1. The second-order valence-corrected chi connectivity index (χ2v) is 21.5. The molecule has 7 atom stereocenters. The number of ether oxygens (including phenoxy) is 2. The maximum absolute atomic E-state index is 13.1. The second kappa shape index (κ2) is 49.8. The van der Waals surface area contributed by atoms with Gasteiger partial charge in [-0.05, 0) is 12.8 Å². The molecule has 1 heterocycles. The SMILES string of the molecule is CCCCCCCCCCCCCCCCCCCCCCCCCCCCCC(O)C(COC1OC(CO)C(O)C(O)C1O)NC(=O)CCCCCCCCCCCCCCCCCCCC. The van der Waals surface area contributed by atoms with Gasteiger partial charge >= 0.3 is 0 Å².